The third-order valence-corrected chi connectivity index (χ3v) is 4.05. The van der Waals surface area contributed by atoms with Crippen LogP contribution >= 0.6 is 0 Å². The van der Waals surface area contributed by atoms with E-state index in [1.807, 2.05) is 0 Å². The Morgan fingerprint density at radius 3 is 2.53 bits per heavy atom. The van der Waals surface area contributed by atoms with Crippen molar-refractivity contribution in [1.29, 1.82) is 0 Å². The monoisotopic (exact) mass is 231 g/mol. The Balaban J connectivity index is 3.22. The van der Waals surface area contributed by atoms with Crippen LogP contribution in [0.25, 0.3) is 0 Å². The van der Waals surface area contributed by atoms with Crippen molar-refractivity contribution >= 4 is 15.7 Å². The van der Waals surface area contributed by atoms with Gasteiger partial charge in [-0.15, -0.1) is 0 Å². The van der Waals surface area contributed by atoms with E-state index in [9.17, 15) is 12.8 Å². The van der Waals surface area contributed by atoms with Crippen LogP contribution < -0.4 is 4.31 Å². The van der Waals surface area contributed by atoms with Crippen molar-refractivity contribution in [2.75, 3.05) is 17.1 Å². The van der Waals surface area contributed by atoms with Gasteiger partial charge in [-0.3, -0.25) is 4.31 Å². The highest BCUT2D eigenvalue weighted by Crippen LogP contribution is 2.22. The number of sulfonamides is 1. The van der Waals surface area contributed by atoms with Crippen LogP contribution in [-0.2, 0) is 10.0 Å². The predicted molar refractivity (Wildman–Crippen MR) is 59.0 cm³/mol. The lowest BCUT2D eigenvalue weighted by atomic mass is 10.2. The van der Waals surface area contributed by atoms with Crippen molar-refractivity contribution < 1.29 is 12.8 Å². The smallest absolute Gasteiger partial charge is 0.234 e. The summed E-state index contributed by atoms with van der Waals surface area (Å²) in [5.74, 6) is -0.437. The second-order valence-electron chi connectivity index (χ2n) is 3.30. The average Bonchev–Trinajstić information content (AvgIpc) is 2.20. The lowest BCUT2D eigenvalue weighted by Gasteiger charge is -2.20. The number of nitrogens with zero attached hydrogens (tertiary/aromatic N) is 1. The molecule has 0 unspecified atom stereocenters. The number of rotatable bonds is 3. The van der Waals surface area contributed by atoms with Gasteiger partial charge < -0.3 is 0 Å². The molecule has 84 valence electrons. The maximum atomic E-state index is 13.0. The van der Waals surface area contributed by atoms with Gasteiger partial charge in [-0.05, 0) is 31.5 Å². The van der Waals surface area contributed by atoms with Gasteiger partial charge in [-0.25, -0.2) is 12.8 Å². The minimum absolute atomic E-state index is 0.000542. The highest BCUT2D eigenvalue weighted by molar-refractivity contribution is 7.92. The van der Waals surface area contributed by atoms with Crippen molar-refractivity contribution in [2.45, 2.75) is 13.8 Å². The van der Waals surface area contributed by atoms with Gasteiger partial charge >= 0.3 is 0 Å². The number of hydrogen-bond acceptors (Lipinski definition) is 2. The summed E-state index contributed by atoms with van der Waals surface area (Å²) in [6.07, 6.45) is 0. The fraction of sp³-hybridized carbons (Fsp3) is 0.400. The number of aryl methyl sites for hydroxylation is 1. The summed E-state index contributed by atoms with van der Waals surface area (Å²) in [5, 5.41) is 0. The molecule has 0 atom stereocenters. The summed E-state index contributed by atoms with van der Waals surface area (Å²) >= 11 is 0. The molecule has 0 aliphatic carbocycles. The standard InChI is InChI=1S/C10H14FNO2S/c1-4-15(13,14)12(3)10-7-9(11)6-5-8(10)2/h5-7H,4H2,1-3H3. The molecule has 0 saturated heterocycles. The quantitative estimate of drug-likeness (QED) is 0.797. The number of hydrogen-bond donors (Lipinski definition) is 0. The Morgan fingerprint density at radius 2 is 2.00 bits per heavy atom. The molecule has 3 nitrogen and oxygen atoms in total. The summed E-state index contributed by atoms with van der Waals surface area (Å²) in [5.41, 5.74) is 1.12. The van der Waals surface area contributed by atoms with E-state index in [1.54, 1.807) is 19.9 Å². The lowest BCUT2D eigenvalue weighted by Crippen LogP contribution is -2.28. The molecule has 0 radical (unpaired) electrons. The number of halogens is 1. The van der Waals surface area contributed by atoms with Crippen molar-refractivity contribution in [3.05, 3.63) is 29.6 Å². The first-order chi connectivity index (χ1) is 6.88. The van der Waals surface area contributed by atoms with Gasteiger partial charge in [-0.2, -0.15) is 0 Å². The van der Waals surface area contributed by atoms with E-state index in [1.165, 1.54) is 19.2 Å². The summed E-state index contributed by atoms with van der Waals surface area (Å²) in [4.78, 5) is 0. The van der Waals surface area contributed by atoms with Crippen LogP contribution in [0.3, 0.4) is 0 Å². The van der Waals surface area contributed by atoms with Crippen molar-refractivity contribution in [2.24, 2.45) is 0 Å². The fourth-order valence-electron chi connectivity index (χ4n) is 1.27. The minimum Gasteiger partial charge on any atom is -0.273 e. The van der Waals surface area contributed by atoms with Gasteiger partial charge in [0.05, 0.1) is 11.4 Å². The molecule has 0 heterocycles. The Morgan fingerprint density at radius 1 is 1.40 bits per heavy atom. The molecule has 15 heavy (non-hydrogen) atoms. The van der Waals surface area contributed by atoms with Crippen LogP contribution in [0.4, 0.5) is 10.1 Å². The Kier molecular flexibility index (Phi) is 3.34. The first-order valence-corrected chi connectivity index (χ1v) is 6.22. The maximum Gasteiger partial charge on any atom is 0.234 e. The normalized spacial score (nSPS) is 11.5. The van der Waals surface area contributed by atoms with Gasteiger partial charge in [0, 0.05) is 7.05 Å². The van der Waals surface area contributed by atoms with Crippen LogP contribution in [0, 0.1) is 12.7 Å². The van der Waals surface area contributed by atoms with E-state index >= 15 is 0 Å². The molecule has 0 amide bonds. The molecule has 0 aromatic heterocycles. The van der Waals surface area contributed by atoms with Gasteiger partial charge in [0.2, 0.25) is 10.0 Å². The molecular weight excluding hydrogens is 217 g/mol. The molecule has 5 heteroatoms. The Hall–Kier alpha value is -1.10. The number of benzene rings is 1. The average molecular weight is 231 g/mol. The van der Waals surface area contributed by atoms with Crippen LogP contribution in [0.2, 0.25) is 0 Å². The zero-order chi connectivity index (χ0) is 11.6. The Labute approximate surface area is 89.6 Å². The molecule has 0 bridgehead atoms. The van der Waals surface area contributed by atoms with Crippen molar-refractivity contribution in [3.8, 4) is 0 Å². The zero-order valence-corrected chi connectivity index (χ0v) is 9.81. The van der Waals surface area contributed by atoms with E-state index in [0.29, 0.717) is 5.69 Å². The predicted octanol–water partition coefficient (Wildman–Crippen LogP) is 1.92. The van der Waals surface area contributed by atoms with Gasteiger partial charge in [0.1, 0.15) is 5.82 Å². The molecular formula is C10H14FNO2S. The van der Waals surface area contributed by atoms with E-state index in [0.717, 1.165) is 9.87 Å². The van der Waals surface area contributed by atoms with Crippen molar-refractivity contribution in [1.82, 2.24) is 0 Å². The molecule has 0 saturated carbocycles. The lowest BCUT2D eigenvalue weighted by molar-refractivity contribution is 0.595. The molecule has 0 aliphatic heterocycles. The topological polar surface area (TPSA) is 37.4 Å². The third kappa shape index (κ3) is 2.47. The molecule has 0 spiro atoms. The summed E-state index contributed by atoms with van der Waals surface area (Å²) in [6.45, 7) is 3.30. The van der Waals surface area contributed by atoms with Crippen molar-refractivity contribution in [3.63, 3.8) is 0 Å². The molecule has 1 aromatic rings. The van der Waals surface area contributed by atoms with E-state index < -0.39 is 15.8 Å². The first-order valence-electron chi connectivity index (χ1n) is 4.61. The molecule has 0 fully saturated rings. The number of anilines is 1. The Bertz CT molecular complexity index is 456. The van der Waals surface area contributed by atoms with Crippen LogP contribution in [0.1, 0.15) is 12.5 Å². The SMILES string of the molecule is CCS(=O)(=O)N(C)c1cc(F)ccc1C. The van der Waals surface area contributed by atoms with E-state index in [4.69, 9.17) is 0 Å². The first kappa shape index (κ1) is 12.0. The zero-order valence-electron chi connectivity index (χ0n) is 8.99. The molecule has 1 rings (SSSR count). The minimum atomic E-state index is -3.32. The summed E-state index contributed by atoms with van der Waals surface area (Å²) in [7, 11) is -1.89. The summed E-state index contributed by atoms with van der Waals surface area (Å²) < 4.78 is 37.2. The maximum absolute atomic E-state index is 13.0. The largest absolute Gasteiger partial charge is 0.273 e. The molecule has 0 N–H and O–H groups in total. The van der Waals surface area contributed by atoms with Gasteiger partial charge in [0.25, 0.3) is 0 Å². The molecule has 0 aliphatic rings. The second kappa shape index (κ2) is 4.18. The second-order valence-corrected chi connectivity index (χ2v) is 5.59. The third-order valence-electron chi connectivity index (χ3n) is 2.29. The van der Waals surface area contributed by atoms with E-state index in [-0.39, 0.29) is 5.75 Å². The van der Waals surface area contributed by atoms with Gasteiger partial charge in [-0.1, -0.05) is 6.07 Å². The van der Waals surface area contributed by atoms with E-state index in [2.05, 4.69) is 0 Å². The van der Waals surface area contributed by atoms with Crippen LogP contribution in [-0.4, -0.2) is 21.2 Å². The van der Waals surface area contributed by atoms with Crippen LogP contribution in [0.15, 0.2) is 18.2 Å². The molecule has 1 aromatic carbocycles. The highest BCUT2D eigenvalue weighted by atomic mass is 32.2. The van der Waals surface area contributed by atoms with Crippen LogP contribution in [0.5, 0.6) is 0 Å². The summed E-state index contributed by atoms with van der Waals surface area (Å²) in [6, 6.07) is 4.10. The fourth-order valence-corrected chi connectivity index (χ4v) is 2.15. The highest BCUT2D eigenvalue weighted by Gasteiger charge is 2.17. The van der Waals surface area contributed by atoms with Gasteiger partial charge in [0.15, 0.2) is 0 Å².